The number of benzene rings is 1. The molecule has 5 N–H and O–H groups in total. The molecule has 0 saturated carbocycles. The Morgan fingerprint density at radius 2 is 1.59 bits per heavy atom. The van der Waals surface area contributed by atoms with Crippen molar-refractivity contribution in [3.8, 4) is 0 Å². The van der Waals surface area contributed by atoms with Gasteiger partial charge < -0.3 is 25.5 Å². The molecule has 0 bridgehead atoms. The summed E-state index contributed by atoms with van der Waals surface area (Å²) < 4.78 is 13.2. The van der Waals surface area contributed by atoms with Crippen LogP contribution < -0.4 is 0 Å². The lowest BCUT2D eigenvalue weighted by molar-refractivity contribution is -0.274. The van der Waals surface area contributed by atoms with Gasteiger partial charge in [0.25, 0.3) is 5.91 Å². The summed E-state index contributed by atoms with van der Waals surface area (Å²) in [4.78, 5) is 3.93. The molecule has 0 unspecified atom stereocenters. The molecule has 1 heterocycles. The van der Waals surface area contributed by atoms with Crippen LogP contribution in [0.5, 0.6) is 0 Å². The number of hydrogen-bond acceptors (Lipinski definition) is 8. The van der Waals surface area contributed by atoms with E-state index in [4.69, 9.17) is 15.3 Å². The van der Waals surface area contributed by atoms with Gasteiger partial charge in [-0.2, -0.15) is 5.10 Å². The largest absolute Gasteiger partial charge is 0.389 e. The molecule has 0 aliphatic heterocycles. The van der Waals surface area contributed by atoms with E-state index in [1.54, 1.807) is 24.5 Å². The molecule has 0 aliphatic rings. The fourth-order valence-corrected chi connectivity index (χ4v) is 1.92. The van der Waals surface area contributed by atoms with E-state index in [1.165, 1.54) is 31.3 Å². The van der Waals surface area contributed by atoms with Crippen molar-refractivity contribution in [1.82, 2.24) is 9.99 Å². The highest BCUT2D eigenvalue weighted by Crippen LogP contribution is 2.20. The molecule has 0 amide bonds. The van der Waals surface area contributed by atoms with Crippen LogP contribution in [-0.4, -0.2) is 67.6 Å². The maximum Gasteiger partial charge on any atom is 0.285 e. The van der Waals surface area contributed by atoms with Crippen LogP contribution in [0.4, 0.5) is 4.39 Å². The molecule has 2 rings (SSSR count). The molecule has 0 fully saturated rings. The Morgan fingerprint density at radius 1 is 1.07 bits per heavy atom. The van der Waals surface area contributed by atoms with Crippen molar-refractivity contribution < 1.29 is 29.9 Å². The highest BCUT2D eigenvalue weighted by Gasteiger charge is 2.28. The summed E-state index contributed by atoms with van der Waals surface area (Å²) in [6.07, 6.45) is 3.17. The van der Waals surface area contributed by atoms with Gasteiger partial charge in [0, 0.05) is 30.6 Å². The molecular formula is C18H22FN3O5. The van der Waals surface area contributed by atoms with Crippen LogP contribution >= 0.6 is 0 Å². The SMILES string of the molecule is C=C(/C(=N\N(C)C(O)(O)CO)c1ccc(F)cc1)c1ccncc1.OCO. The summed E-state index contributed by atoms with van der Waals surface area (Å²) in [5.74, 6) is -2.95. The molecule has 0 saturated heterocycles. The minimum absolute atomic E-state index is 0.296. The van der Waals surface area contributed by atoms with E-state index in [1.807, 2.05) is 0 Å². The molecular weight excluding hydrogens is 357 g/mol. The number of aliphatic hydroxyl groups is 5. The van der Waals surface area contributed by atoms with E-state index in [2.05, 4.69) is 16.7 Å². The number of halogens is 1. The summed E-state index contributed by atoms with van der Waals surface area (Å²) in [6.45, 7) is 2.29. The molecule has 27 heavy (non-hydrogen) atoms. The quantitative estimate of drug-likeness (QED) is 0.274. The van der Waals surface area contributed by atoms with Gasteiger partial charge in [0.05, 0.1) is 5.71 Å². The van der Waals surface area contributed by atoms with Crippen LogP contribution in [0.3, 0.4) is 0 Å². The van der Waals surface area contributed by atoms with E-state index >= 15 is 0 Å². The third-order valence-corrected chi connectivity index (χ3v) is 3.41. The first kappa shape index (κ1) is 22.4. The molecule has 0 radical (unpaired) electrons. The van der Waals surface area contributed by atoms with Crippen molar-refractivity contribution in [3.63, 3.8) is 0 Å². The summed E-state index contributed by atoms with van der Waals surface area (Å²) in [5, 5.41) is 47.7. The average Bonchev–Trinajstić information content (AvgIpc) is 2.67. The van der Waals surface area contributed by atoms with Crippen LogP contribution in [0.25, 0.3) is 5.57 Å². The molecule has 0 atom stereocenters. The summed E-state index contributed by atoms with van der Waals surface area (Å²) in [6, 6.07) is 8.98. The smallest absolute Gasteiger partial charge is 0.285 e. The van der Waals surface area contributed by atoms with Gasteiger partial charge in [0.1, 0.15) is 19.2 Å². The maximum absolute atomic E-state index is 13.2. The molecule has 9 heteroatoms. The van der Waals surface area contributed by atoms with Gasteiger partial charge in [-0.15, -0.1) is 0 Å². The second-order valence-corrected chi connectivity index (χ2v) is 5.27. The molecule has 8 nitrogen and oxygen atoms in total. The standard InChI is InChI=1S/C17H18FN3O3.CH4O2/c1-12(13-7-9-19-10-8-13)16(14-3-5-15(18)6-4-14)20-21(2)17(23,24)11-22;2-1-3/h3-10,22-24H,1,11H2,2H3;2-3H,1H2/b20-16+;. The Hall–Kier alpha value is -2.69. The lowest BCUT2D eigenvalue weighted by atomic mass is 9.98. The van der Waals surface area contributed by atoms with Gasteiger partial charge >= 0.3 is 0 Å². The Balaban J connectivity index is 0.00000114. The first-order valence-corrected chi connectivity index (χ1v) is 7.72. The zero-order chi connectivity index (χ0) is 20.4. The maximum atomic E-state index is 13.2. The number of aliphatic hydroxyl groups excluding tert-OH is 2. The monoisotopic (exact) mass is 379 g/mol. The lowest BCUT2D eigenvalue weighted by Gasteiger charge is -2.28. The second kappa shape index (κ2) is 10.5. The summed E-state index contributed by atoms with van der Waals surface area (Å²) >= 11 is 0. The normalized spacial score (nSPS) is 11.4. The van der Waals surface area contributed by atoms with Crippen molar-refractivity contribution >= 4 is 11.3 Å². The predicted octanol–water partition coefficient (Wildman–Crippen LogP) is 0.129. The van der Waals surface area contributed by atoms with Crippen molar-refractivity contribution in [2.24, 2.45) is 5.10 Å². The van der Waals surface area contributed by atoms with Gasteiger partial charge in [-0.05, 0) is 42.0 Å². The van der Waals surface area contributed by atoms with E-state index in [0.29, 0.717) is 22.4 Å². The number of likely N-dealkylation sites (N-methyl/N-ethyl adjacent to an activating group) is 1. The van der Waals surface area contributed by atoms with Gasteiger partial charge in [0.2, 0.25) is 0 Å². The summed E-state index contributed by atoms with van der Waals surface area (Å²) in [5.41, 5.74) is 2.01. The van der Waals surface area contributed by atoms with Crippen LogP contribution in [0.2, 0.25) is 0 Å². The highest BCUT2D eigenvalue weighted by molar-refractivity contribution is 6.31. The Labute approximate surface area is 155 Å². The van der Waals surface area contributed by atoms with Gasteiger partial charge in [-0.3, -0.25) is 4.98 Å². The number of hydrogen-bond donors (Lipinski definition) is 5. The third kappa shape index (κ3) is 6.51. The number of nitrogens with zero attached hydrogens (tertiary/aromatic N) is 3. The predicted molar refractivity (Wildman–Crippen MR) is 97.5 cm³/mol. The zero-order valence-electron chi connectivity index (χ0n) is 14.7. The van der Waals surface area contributed by atoms with Crippen molar-refractivity contribution in [2.75, 3.05) is 20.4 Å². The van der Waals surface area contributed by atoms with E-state index in [9.17, 15) is 14.6 Å². The Morgan fingerprint density at radius 3 is 2.07 bits per heavy atom. The zero-order valence-corrected chi connectivity index (χ0v) is 14.7. The molecule has 0 spiro atoms. The van der Waals surface area contributed by atoms with E-state index in [-0.39, 0.29) is 0 Å². The van der Waals surface area contributed by atoms with Gasteiger partial charge in [-0.25, -0.2) is 9.40 Å². The van der Waals surface area contributed by atoms with Gasteiger partial charge in [0.15, 0.2) is 0 Å². The molecule has 0 aliphatic carbocycles. The molecule has 1 aromatic heterocycles. The van der Waals surface area contributed by atoms with Crippen LogP contribution in [0.1, 0.15) is 11.1 Å². The van der Waals surface area contributed by atoms with Crippen molar-refractivity contribution in [1.29, 1.82) is 0 Å². The fraction of sp³-hybridized carbons (Fsp3) is 0.222. The number of rotatable bonds is 6. The van der Waals surface area contributed by atoms with E-state index in [0.717, 1.165) is 5.01 Å². The minimum atomic E-state index is -2.54. The van der Waals surface area contributed by atoms with Crippen LogP contribution in [-0.2, 0) is 0 Å². The number of aromatic nitrogens is 1. The molecule has 146 valence electrons. The molecule has 1 aromatic carbocycles. The van der Waals surface area contributed by atoms with Crippen molar-refractivity contribution in [3.05, 3.63) is 72.3 Å². The van der Waals surface area contributed by atoms with Gasteiger partial charge in [-0.1, -0.05) is 6.58 Å². The topological polar surface area (TPSA) is 130 Å². The average molecular weight is 379 g/mol. The van der Waals surface area contributed by atoms with Crippen LogP contribution in [0.15, 0.2) is 60.5 Å². The highest BCUT2D eigenvalue weighted by atomic mass is 19.1. The minimum Gasteiger partial charge on any atom is -0.389 e. The number of hydrazone groups is 1. The number of allylic oxidation sites excluding steroid dienone is 1. The Bertz CT molecular complexity index is 751. The third-order valence-electron chi connectivity index (χ3n) is 3.41. The first-order valence-electron chi connectivity index (χ1n) is 7.72. The van der Waals surface area contributed by atoms with E-state index < -0.39 is 25.1 Å². The van der Waals surface area contributed by atoms with Crippen LogP contribution in [0, 0.1) is 5.82 Å². The van der Waals surface area contributed by atoms with Crippen molar-refractivity contribution in [2.45, 2.75) is 5.91 Å². The summed E-state index contributed by atoms with van der Waals surface area (Å²) in [7, 11) is 1.29. The Kier molecular flexibility index (Phi) is 8.66. The first-order chi connectivity index (χ1) is 12.8. The lowest BCUT2D eigenvalue weighted by Crippen LogP contribution is -2.47. The fourth-order valence-electron chi connectivity index (χ4n) is 1.92. The number of pyridine rings is 1. The molecule has 2 aromatic rings. The second-order valence-electron chi connectivity index (χ2n) is 5.27.